The first-order chi connectivity index (χ1) is 10.3. The molecule has 22 heavy (non-hydrogen) atoms. The summed E-state index contributed by atoms with van der Waals surface area (Å²) in [4.78, 5) is 12.4. The second-order valence-electron chi connectivity index (χ2n) is 5.32. The van der Waals surface area contributed by atoms with E-state index < -0.39 is 11.9 Å². The first-order valence-corrected chi connectivity index (χ1v) is 7.60. The van der Waals surface area contributed by atoms with Gasteiger partial charge < -0.3 is 5.32 Å². The van der Waals surface area contributed by atoms with Gasteiger partial charge in [-0.3, -0.25) is 9.48 Å². The van der Waals surface area contributed by atoms with E-state index in [0.29, 0.717) is 17.3 Å². The fraction of sp³-hybridized carbons (Fsp3) is 0.429. The molecule has 0 spiro atoms. The van der Waals surface area contributed by atoms with Gasteiger partial charge in [0.1, 0.15) is 0 Å². The molecular formula is C14H16F3N3OS. The highest BCUT2D eigenvalue weighted by Crippen LogP contribution is 2.27. The minimum absolute atomic E-state index is 0.165. The fourth-order valence-corrected chi connectivity index (χ4v) is 2.57. The Labute approximate surface area is 129 Å². The number of nitrogens with zero attached hydrogens (tertiary/aromatic N) is 2. The maximum Gasteiger partial charge on any atom is 0.435 e. The molecule has 2 rings (SSSR count). The third-order valence-corrected chi connectivity index (χ3v) is 3.80. The molecule has 0 saturated heterocycles. The summed E-state index contributed by atoms with van der Waals surface area (Å²) >= 11 is 1.27. The molecule has 2 heterocycles. The van der Waals surface area contributed by atoms with Gasteiger partial charge in [0.2, 0.25) is 0 Å². The van der Waals surface area contributed by atoms with Crippen LogP contribution in [0, 0.1) is 5.92 Å². The van der Waals surface area contributed by atoms with Crippen molar-refractivity contribution < 1.29 is 18.0 Å². The smallest absolute Gasteiger partial charge is 0.351 e. The Hall–Kier alpha value is -1.83. The summed E-state index contributed by atoms with van der Waals surface area (Å²) in [6, 6.07) is 2.61. The number of hydrogen-bond acceptors (Lipinski definition) is 3. The number of alkyl halides is 3. The van der Waals surface area contributed by atoms with E-state index in [0.717, 1.165) is 11.6 Å². The Morgan fingerprint density at radius 1 is 1.45 bits per heavy atom. The molecule has 120 valence electrons. The maximum absolute atomic E-state index is 12.5. The van der Waals surface area contributed by atoms with Gasteiger partial charge in [0.15, 0.2) is 5.69 Å². The topological polar surface area (TPSA) is 46.9 Å². The zero-order valence-electron chi connectivity index (χ0n) is 12.1. The number of amides is 1. The van der Waals surface area contributed by atoms with Gasteiger partial charge in [-0.05, 0) is 29.0 Å². The second kappa shape index (κ2) is 6.51. The molecular weight excluding hydrogens is 315 g/mol. The van der Waals surface area contributed by atoms with Crippen molar-refractivity contribution in [3.05, 3.63) is 39.8 Å². The molecule has 0 unspecified atom stereocenters. The van der Waals surface area contributed by atoms with Crippen molar-refractivity contribution in [1.29, 1.82) is 0 Å². The second-order valence-corrected chi connectivity index (χ2v) is 6.23. The van der Waals surface area contributed by atoms with Crippen molar-refractivity contribution >= 4 is 17.2 Å². The predicted octanol–water partition coefficient (Wildman–Crippen LogP) is 3.40. The van der Waals surface area contributed by atoms with Crippen molar-refractivity contribution in [2.24, 2.45) is 5.92 Å². The summed E-state index contributed by atoms with van der Waals surface area (Å²) in [5.74, 6) is 0.189. The minimum Gasteiger partial charge on any atom is -0.351 e. The summed E-state index contributed by atoms with van der Waals surface area (Å²) in [5, 5.41) is 8.04. The lowest BCUT2D eigenvalue weighted by molar-refractivity contribution is -0.141. The number of hydrogen-bond donors (Lipinski definition) is 1. The molecule has 1 amide bonds. The normalized spacial score (nSPS) is 11.9. The highest BCUT2D eigenvalue weighted by molar-refractivity contribution is 7.12. The summed E-state index contributed by atoms with van der Waals surface area (Å²) in [6.45, 7) is 4.77. The van der Waals surface area contributed by atoms with Crippen LogP contribution in [0.15, 0.2) is 23.7 Å². The van der Waals surface area contributed by atoms with E-state index in [1.807, 2.05) is 13.8 Å². The monoisotopic (exact) mass is 331 g/mol. The van der Waals surface area contributed by atoms with Crippen molar-refractivity contribution in [3.63, 3.8) is 0 Å². The van der Waals surface area contributed by atoms with Crippen molar-refractivity contribution in [3.8, 4) is 0 Å². The Kier molecular flexibility index (Phi) is 4.90. The third-order valence-electron chi connectivity index (χ3n) is 2.82. The largest absolute Gasteiger partial charge is 0.435 e. The van der Waals surface area contributed by atoms with Gasteiger partial charge >= 0.3 is 6.18 Å². The first-order valence-electron chi connectivity index (χ1n) is 6.72. The van der Waals surface area contributed by atoms with Crippen LogP contribution in [-0.2, 0) is 12.7 Å². The van der Waals surface area contributed by atoms with Gasteiger partial charge in [-0.2, -0.15) is 18.3 Å². The van der Waals surface area contributed by atoms with Crippen LogP contribution in [-0.4, -0.2) is 22.2 Å². The van der Waals surface area contributed by atoms with E-state index in [2.05, 4.69) is 10.4 Å². The van der Waals surface area contributed by atoms with Gasteiger partial charge in [0.05, 0.1) is 11.4 Å². The molecule has 4 nitrogen and oxygen atoms in total. The zero-order chi connectivity index (χ0) is 16.3. The van der Waals surface area contributed by atoms with Crippen LogP contribution in [0.1, 0.15) is 34.8 Å². The number of aromatic nitrogens is 2. The molecule has 0 fully saturated rings. The van der Waals surface area contributed by atoms with Gasteiger partial charge in [0, 0.05) is 12.7 Å². The lowest BCUT2D eigenvalue weighted by Crippen LogP contribution is -2.26. The molecule has 2 aromatic heterocycles. The molecule has 1 N–H and O–H groups in total. The molecule has 0 bridgehead atoms. The Balaban J connectivity index is 2.00. The van der Waals surface area contributed by atoms with Crippen LogP contribution in [0.2, 0.25) is 0 Å². The highest BCUT2D eigenvalue weighted by Gasteiger charge is 2.33. The summed E-state index contributed by atoms with van der Waals surface area (Å²) in [7, 11) is 0. The van der Waals surface area contributed by atoms with Crippen molar-refractivity contribution in [1.82, 2.24) is 15.1 Å². The number of rotatable bonds is 5. The quantitative estimate of drug-likeness (QED) is 0.913. The van der Waals surface area contributed by atoms with E-state index in [1.165, 1.54) is 22.2 Å². The standard InChI is InChI=1S/C14H16F3N3OS/c1-9(2)6-18-13(21)11-5-10(8-22-11)7-20-4-3-12(19-20)14(15,16)17/h3-5,8-9H,6-7H2,1-2H3,(H,18,21). The molecule has 0 atom stereocenters. The van der Waals surface area contributed by atoms with Crippen molar-refractivity contribution in [2.75, 3.05) is 6.54 Å². The van der Waals surface area contributed by atoms with E-state index in [-0.39, 0.29) is 12.5 Å². The first kappa shape index (κ1) is 16.5. The Morgan fingerprint density at radius 3 is 2.77 bits per heavy atom. The van der Waals surface area contributed by atoms with Crippen LogP contribution in [0.3, 0.4) is 0 Å². The van der Waals surface area contributed by atoms with E-state index in [9.17, 15) is 18.0 Å². The number of carbonyl (C=O) groups excluding carboxylic acids is 1. The number of thiophene rings is 1. The van der Waals surface area contributed by atoms with Crippen LogP contribution < -0.4 is 5.32 Å². The Bertz CT molecular complexity index is 646. The summed E-state index contributed by atoms with van der Waals surface area (Å²) in [5.41, 5.74) is -0.172. The summed E-state index contributed by atoms with van der Waals surface area (Å²) < 4.78 is 38.6. The van der Waals surface area contributed by atoms with Gasteiger partial charge in [-0.25, -0.2) is 0 Å². The molecule has 0 aromatic carbocycles. The summed E-state index contributed by atoms with van der Waals surface area (Å²) in [6.07, 6.45) is -3.17. The van der Waals surface area contributed by atoms with Crippen LogP contribution in [0.4, 0.5) is 13.2 Å². The average molecular weight is 331 g/mol. The molecule has 0 saturated carbocycles. The zero-order valence-corrected chi connectivity index (χ0v) is 13.0. The third kappa shape index (κ3) is 4.33. The van der Waals surface area contributed by atoms with Crippen molar-refractivity contribution in [2.45, 2.75) is 26.6 Å². The number of halogens is 3. The molecule has 0 aliphatic carbocycles. The van der Waals surface area contributed by atoms with Crippen LogP contribution in [0.5, 0.6) is 0 Å². The SMILES string of the molecule is CC(C)CNC(=O)c1cc(Cn2ccc(C(F)(F)F)n2)cs1. The van der Waals surface area contributed by atoms with Crippen LogP contribution >= 0.6 is 11.3 Å². The maximum atomic E-state index is 12.5. The molecule has 0 aliphatic heterocycles. The number of carbonyl (C=O) groups is 1. The van der Waals surface area contributed by atoms with E-state index in [4.69, 9.17) is 0 Å². The minimum atomic E-state index is -4.44. The molecule has 0 radical (unpaired) electrons. The fourth-order valence-electron chi connectivity index (χ4n) is 1.75. The Morgan fingerprint density at radius 2 is 2.18 bits per heavy atom. The highest BCUT2D eigenvalue weighted by atomic mass is 32.1. The van der Waals surface area contributed by atoms with Gasteiger partial charge in [-0.15, -0.1) is 11.3 Å². The van der Waals surface area contributed by atoms with E-state index in [1.54, 1.807) is 11.4 Å². The molecule has 0 aliphatic rings. The number of nitrogens with one attached hydrogen (secondary N) is 1. The lowest BCUT2D eigenvalue weighted by Gasteiger charge is -2.05. The average Bonchev–Trinajstić information content (AvgIpc) is 3.05. The predicted molar refractivity (Wildman–Crippen MR) is 77.8 cm³/mol. The molecule has 2 aromatic rings. The van der Waals surface area contributed by atoms with E-state index >= 15 is 0 Å². The van der Waals surface area contributed by atoms with Gasteiger partial charge in [0.25, 0.3) is 5.91 Å². The molecule has 8 heteroatoms. The van der Waals surface area contributed by atoms with Crippen LogP contribution in [0.25, 0.3) is 0 Å². The lowest BCUT2D eigenvalue weighted by atomic mass is 10.2. The van der Waals surface area contributed by atoms with Gasteiger partial charge in [-0.1, -0.05) is 13.8 Å².